The lowest BCUT2D eigenvalue weighted by molar-refractivity contribution is -0.393. The molecule has 0 bridgehead atoms. The van der Waals surface area contributed by atoms with Gasteiger partial charge >= 0.3 is 6.18 Å². The van der Waals surface area contributed by atoms with Crippen LogP contribution >= 0.6 is 0 Å². The van der Waals surface area contributed by atoms with E-state index in [1.54, 1.807) is 13.8 Å². The van der Waals surface area contributed by atoms with E-state index in [1.165, 1.54) is 0 Å². The zero-order valence-corrected chi connectivity index (χ0v) is 12.1. The molecule has 0 aromatic heterocycles. The Hall–Kier alpha value is -2.83. The molecule has 0 N–H and O–H groups in total. The van der Waals surface area contributed by atoms with Gasteiger partial charge < -0.3 is 4.90 Å². The second-order valence-corrected chi connectivity index (χ2v) is 4.80. The summed E-state index contributed by atoms with van der Waals surface area (Å²) >= 11 is 0. The largest absolute Gasteiger partial charge is 0.416 e. The van der Waals surface area contributed by atoms with Crippen LogP contribution in [0.3, 0.4) is 0 Å². The summed E-state index contributed by atoms with van der Waals surface area (Å²) in [6.45, 7) is 2.88. The maximum absolute atomic E-state index is 12.8. The van der Waals surface area contributed by atoms with E-state index < -0.39 is 44.7 Å². The van der Waals surface area contributed by atoms with Crippen LogP contribution in [0.4, 0.5) is 30.2 Å². The molecule has 0 amide bonds. The zero-order valence-electron chi connectivity index (χ0n) is 12.1. The van der Waals surface area contributed by atoms with Gasteiger partial charge in [0.05, 0.1) is 22.0 Å². The van der Waals surface area contributed by atoms with E-state index in [4.69, 9.17) is 6.42 Å². The Bertz CT molecular complexity index is 645. The van der Waals surface area contributed by atoms with Crippen molar-refractivity contribution in [1.29, 1.82) is 0 Å². The van der Waals surface area contributed by atoms with Gasteiger partial charge in [0.2, 0.25) is 0 Å². The fourth-order valence-electron chi connectivity index (χ4n) is 1.96. The topological polar surface area (TPSA) is 89.5 Å². The number of benzene rings is 1. The molecule has 0 spiro atoms. The molecule has 0 aliphatic heterocycles. The highest BCUT2D eigenvalue weighted by molar-refractivity contribution is 5.77. The molecule has 0 atom stereocenters. The predicted octanol–water partition coefficient (Wildman–Crippen LogP) is 3.37. The number of terminal acetylenes is 1. The first kappa shape index (κ1) is 18.2. The standard InChI is InChI=1S/C13H12F3N3O4/c1-4-5-17(8(2)3)12-10(18(20)21)6-9(13(14,15)16)7-11(12)19(22)23/h1,6-8H,5H2,2-3H3. The lowest BCUT2D eigenvalue weighted by Crippen LogP contribution is -2.32. The number of hydrogen-bond donors (Lipinski definition) is 0. The average Bonchev–Trinajstić information content (AvgIpc) is 2.41. The first-order valence-corrected chi connectivity index (χ1v) is 6.24. The predicted molar refractivity (Wildman–Crippen MR) is 76.1 cm³/mol. The van der Waals surface area contributed by atoms with Crippen LogP contribution in [0.2, 0.25) is 0 Å². The molecule has 1 rings (SSSR count). The van der Waals surface area contributed by atoms with Crippen molar-refractivity contribution in [2.75, 3.05) is 11.4 Å². The molecule has 1 aromatic rings. The lowest BCUT2D eigenvalue weighted by Gasteiger charge is -2.26. The van der Waals surface area contributed by atoms with Gasteiger partial charge in [0.25, 0.3) is 11.4 Å². The molecule has 23 heavy (non-hydrogen) atoms. The molecular weight excluding hydrogens is 319 g/mol. The third-order valence-electron chi connectivity index (χ3n) is 2.96. The minimum Gasteiger partial charge on any atom is -0.347 e. The number of halogens is 3. The average molecular weight is 331 g/mol. The van der Waals surface area contributed by atoms with Gasteiger partial charge in [0.15, 0.2) is 5.69 Å². The van der Waals surface area contributed by atoms with Gasteiger partial charge in [0.1, 0.15) is 0 Å². The minimum atomic E-state index is -4.96. The number of rotatable bonds is 5. The maximum Gasteiger partial charge on any atom is 0.416 e. The fraction of sp³-hybridized carbons (Fsp3) is 0.385. The molecule has 124 valence electrons. The van der Waals surface area contributed by atoms with E-state index in [9.17, 15) is 33.4 Å². The molecule has 1 aromatic carbocycles. The zero-order chi connectivity index (χ0) is 17.9. The van der Waals surface area contributed by atoms with Gasteiger partial charge in [-0.2, -0.15) is 13.2 Å². The number of hydrogen-bond acceptors (Lipinski definition) is 5. The summed E-state index contributed by atoms with van der Waals surface area (Å²) in [5, 5.41) is 22.3. The summed E-state index contributed by atoms with van der Waals surface area (Å²) in [5.74, 6) is 2.18. The Morgan fingerprint density at radius 2 is 1.65 bits per heavy atom. The van der Waals surface area contributed by atoms with Crippen LogP contribution in [0.15, 0.2) is 12.1 Å². The number of anilines is 1. The Morgan fingerprint density at radius 1 is 1.22 bits per heavy atom. The molecule has 0 aliphatic carbocycles. The van der Waals surface area contributed by atoms with Crippen molar-refractivity contribution < 1.29 is 23.0 Å². The molecule has 10 heteroatoms. The van der Waals surface area contributed by atoms with Crippen molar-refractivity contribution in [2.24, 2.45) is 0 Å². The summed E-state index contributed by atoms with van der Waals surface area (Å²) in [6, 6.07) is 0.0443. The van der Waals surface area contributed by atoms with E-state index in [-0.39, 0.29) is 18.7 Å². The van der Waals surface area contributed by atoms with E-state index in [1.807, 2.05) is 0 Å². The van der Waals surface area contributed by atoms with Crippen LogP contribution in [0.5, 0.6) is 0 Å². The molecule has 0 heterocycles. The first-order chi connectivity index (χ1) is 10.5. The quantitative estimate of drug-likeness (QED) is 0.469. The third kappa shape index (κ3) is 3.88. The molecule has 0 radical (unpaired) electrons. The smallest absolute Gasteiger partial charge is 0.347 e. The summed E-state index contributed by atoms with van der Waals surface area (Å²) in [7, 11) is 0. The van der Waals surface area contributed by atoms with E-state index in [0.717, 1.165) is 4.90 Å². The van der Waals surface area contributed by atoms with Crippen molar-refractivity contribution in [3.8, 4) is 12.3 Å². The van der Waals surface area contributed by atoms with Crippen LogP contribution in [0.1, 0.15) is 19.4 Å². The van der Waals surface area contributed by atoms with Crippen LogP contribution in [0.25, 0.3) is 0 Å². The second kappa shape index (κ2) is 6.51. The second-order valence-electron chi connectivity index (χ2n) is 4.80. The van der Waals surface area contributed by atoms with E-state index >= 15 is 0 Å². The van der Waals surface area contributed by atoms with Crippen molar-refractivity contribution >= 4 is 17.1 Å². The summed E-state index contributed by atoms with van der Waals surface area (Å²) in [5.41, 5.74) is -4.05. The van der Waals surface area contributed by atoms with Crippen LogP contribution in [0, 0.1) is 32.6 Å². The molecule has 0 aliphatic rings. The SMILES string of the molecule is C#CCN(c1c([N+](=O)[O-])cc(C(F)(F)F)cc1[N+](=O)[O-])C(C)C. The fourth-order valence-corrected chi connectivity index (χ4v) is 1.96. The molecule has 0 unspecified atom stereocenters. The van der Waals surface area contributed by atoms with Crippen LogP contribution in [-0.2, 0) is 6.18 Å². The number of nitro benzene ring substituents is 2. The highest BCUT2D eigenvalue weighted by Crippen LogP contribution is 2.43. The molecule has 7 nitrogen and oxygen atoms in total. The van der Waals surface area contributed by atoms with Gasteiger partial charge in [-0.15, -0.1) is 6.42 Å². The Labute approximate surface area is 129 Å². The van der Waals surface area contributed by atoms with Crippen LogP contribution in [-0.4, -0.2) is 22.4 Å². The van der Waals surface area contributed by atoms with Crippen molar-refractivity contribution in [1.82, 2.24) is 0 Å². The van der Waals surface area contributed by atoms with Gasteiger partial charge in [0, 0.05) is 18.2 Å². The van der Waals surface area contributed by atoms with E-state index in [0.29, 0.717) is 0 Å². The molecule has 0 saturated heterocycles. The lowest BCUT2D eigenvalue weighted by atomic mass is 10.1. The summed E-state index contributed by atoms with van der Waals surface area (Å²) in [6.07, 6.45) is 0.189. The highest BCUT2D eigenvalue weighted by atomic mass is 19.4. The molecular formula is C13H12F3N3O4. The van der Waals surface area contributed by atoms with Gasteiger partial charge in [-0.1, -0.05) is 5.92 Å². The summed E-state index contributed by atoms with van der Waals surface area (Å²) in [4.78, 5) is 21.2. The number of nitro groups is 2. The summed E-state index contributed by atoms with van der Waals surface area (Å²) < 4.78 is 38.5. The highest BCUT2D eigenvalue weighted by Gasteiger charge is 2.39. The Kier molecular flexibility index (Phi) is 5.16. The number of alkyl halides is 3. The van der Waals surface area contributed by atoms with Gasteiger partial charge in [-0.3, -0.25) is 20.2 Å². The van der Waals surface area contributed by atoms with Crippen molar-refractivity contribution in [2.45, 2.75) is 26.1 Å². The van der Waals surface area contributed by atoms with Crippen molar-refractivity contribution in [3.63, 3.8) is 0 Å². The Morgan fingerprint density at radius 3 is 1.91 bits per heavy atom. The van der Waals surface area contributed by atoms with Gasteiger partial charge in [-0.25, -0.2) is 0 Å². The van der Waals surface area contributed by atoms with Crippen LogP contribution < -0.4 is 4.90 Å². The van der Waals surface area contributed by atoms with E-state index in [2.05, 4.69) is 5.92 Å². The minimum absolute atomic E-state index is 0.231. The molecule has 0 saturated carbocycles. The Balaban J connectivity index is 3.82. The third-order valence-corrected chi connectivity index (χ3v) is 2.96. The molecule has 0 fully saturated rings. The van der Waals surface area contributed by atoms with Crippen molar-refractivity contribution in [3.05, 3.63) is 37.9 Å². The maximum atomic E-state index is 12.8. The van der Waals surface area contributed by atoms with Gasteiger partial charge in [-0.05, 0) is 13.8 Å². The number of nitrogens with zero attached hydrogens (tertiary/aromatic N) is 3. The monoisotopic (exact) mass is 331 g/mol. The normalized spacial score (nSPS) is 11.2. The first-order valence-electron chi connectivity index (χ1n) is 6.24.